The molecule has 2 aliphatic rings. The van der Waals surface area contributed by atoms with E-state index in [-0.39, 0.29) is 17.4 Å². The summed E-state index contributed by atoms with van der Waals surface area (Å²) in [7, 11) is 0. The Morgan fingerprint density at radius 2 is 1.79 bits per heavy atom. The second-order valence-corrected chi connectivity index (χ2v) is 7.40. The number of likely N-dealkylation sites (tertiary alicyclic amines) is 1. The van der Waals surface area contributed by atoms with Gasteiger partial charge in [-0.15, -0.1) is 0 Å². The van der Waals surface area contributed by atoms with Crippen LogP contribution in [0.3, 0.4) is 0 Å². The molecule has 5 heteroatoms. The van der Waals surface area contributed by atoms with E-state index in [4.69, 9.17) is 4.74 Å². The third-order valence-electron chi connectivity index (χ3n) is 5.54. The second kappa shape index (κ2) is 7.60. The number of anilines is 1. The Balaban J connectivity index is 1.36. The van der Waals surface area contributed by atoms with Crippen molar-refractivity contribution in [1.82, 2.24) is 4.90 Å². The van der Waals surface area contributed by atoms with Crippen LogP contribution in [0.1, 0.15) is 36.5 Å². The van der Waals surface area contributed by atoms with E-state index >= 15 is 0 Å². The Hall–Kier alpha value is -2.92. The molecule has 1 fully saturated rings. The molecule has 0 aliphatic carbocycles. The summed E-state index contributed by atoms with van der Waals surface area (Å²) in [5.41, 5.74) is 4.00. The molecular weight excluding hydrogens is 352 g/mol. The number of hydrogen-bond donors (Lipinski definition) is 1. The smallest absolute Gasteiger partial charge is 0.246 e. The SMILES string of the molecule is CC(=O)Nc1ccc(C=CC(=O)N2CCC3(CC2)OCc2ccccc23)cc1. The van der Waals surface area contributed by atoms with Gasteiger partial charge in [0.25, 0.3) is 0 Å². The fourth-order valence-corrected chi connectivity index (χ4v) is 4.04. The van der Waals surface area contributed by atoms with Crippen LogP contribution in [0.25, 0.3) is 6.08 Å². The quantitative estimate of drug-likeness (QED) is 0.831. The molecule has 0 aromatic heterocycles. The fraction of sp³-hybridized carbons (Fsp3) is 0.304. The van der Waals surface area contributed by atoms with Gasteiger partial charge in [-0.05, 0) is 47.7 Å². The van der Waals surface area contributed by atoms with Crippen LogP contribution in [0.15, 0.2) is 54.6 Å². The number of rotatable bonds is 3. The molecule has 2 amide bonds. The van der Waals surface area contributed by atoms with E-state index in [9.17, 15) is 9.59 Å². The van der Waals surface area contributed by atoms with Crippen molar-refractivity contribution in [3.8, 4) is 0 Å². The van der Waals surface area contributed by atoms with Crippen LogP contribution >= 0.6 is 0 Å². The van der Waals surface area contributed by atoms with Crippen LogP contribution in [0.5, 0.6) is 0 Å². The van der Waals surface area contributed by atoms with Crippen LogP contribution in [0.4, 0.5) is 5.69 Å². The van der Waals surface area contributed by atoms with Crippen LogP contribution in [0, 0.1) is 0 Å². The first-order valence-corrected chi connectivity index (χ1v) is 9.63. The van der Waals surface area contributed by atoms with Crippen molar-refractivity contribution < 1.29 is 14.3 Å². The van der Waals surface area contributed by atoms with Gasteiger partial charge in [-0.1, -0.05) is 36.4 Å². The van der Waals surface area contributed by atoms with Gasteiger partial charge >= 0.3 is 0 Å². The summed E-state index contributed by atoms with van der Waals surface area (Å²) in [5, 5.41) is 2.73. The number of hydrogen-bond acceptors (Lipinski definition) is 3. The van der Waals surface area contributed by atoms with Gasteiger partial charge in [0.15, 0.2) is 0 Å². The maximum Gasteiger partial charge on any atom is 0.246 e. The zero-order valence-corrected chi connectivity index (χ0v) is 16.0. The van der Waals surface area contributed by atoms with Crippen LogP contribution < -0.4 is 5.32 Å². The highest BCUT2D eigenvalue weighted by Crippen LogP contribution is 2.43. The molecule has 2 heterocycles. The molecule has 5 nitrogen and oxygen atoms in total. The summed E-state index contributed by atoms with van der Waals surface area (Å²) >= 11 is 0. The number of fused-ring (bicyclic) bond motifs is 2. The van der Waals surface area contributed by atoms with Crippen molar-refractivity contribution in [2.45, 2.75) is 32.0 Å². The van der Waals surface area contributed by atoms with Crippen LogP contribution in [-0.2, 0) is 26.5 Å². The molecule has 0 bridgehead atoms. The maximum atomic E-state index is 12.6. The van der Waals surface area contributed by atoms with Crippen molar-refractivity contribution >= 4 is 23.6 Å². The summed E-state index contributed by atoms with van der Waals surface area (Å²) in [6.45, 7) is 3.53. The molecular formula is C23H24N2O3. The lowest BCUT2D eigenvalue weighted by Crippen LogP contribution is -2.44. The Kier molecular flexibility index (Phi) is 5.01. The van der Waals surface area contributed by atoms with Gasteiger partial charge in [0.2, 0.25) is 11.8 Å². The predicted molar refractivity (Wildman–Crippen MR) is 109 cm³/mol. The number of ether oxygens (including phenoxy) is 1. The standard InChI is InChI=1S/C23H24N2O3/c1-17(26)24-20-9-6-18(7-10-20)8-11-22(27)25-14-12-23(13-15-25)21-5-3-2-4-19(21)16-28-23/h2-11H,12-16H2,1H3,(H,24,26). The summed E-state index contributed by atoms with van der Waals surface area (Å²) in [6.07, 6.45) is 5.09. The lowest BCUT2D eigenvalue weighted by atomic mass is 9.84. The van der Waals surface area contributed by atoms with E-state index in [0.29, 0.717) is 19.7 Å². The number of nitrogens with zero attached hydrogens (tertiary/aromatic N) is 1. The van der Waals surface area contributed by atoms with Gasteiger partial charge < -0.3 is 15.0 Å². The normalized spacial score (nSPS) is 17.7. The first-order valence-electron chi connectivity index (χ1n) is 9.63. The van der Waals surface area contributed by atoms with Crippen LogP contribution in [-0.4, -0.2) is 29.8 Å². The van der Waals surface area contributed by atoms with Crippen molar-refractivity contribution in [1.29, 1.82) is 0 Å². The predicted octanol–water partition coefficient (Wildman–Crippen LogP) is 3.71. The Bertz CT molecular complexity index is 910. The molecule has 0 radical (unpaired) electrons. The summed E-state index contributed by atoms with van der Waals surface area (Å²) in [6, 6.07) is 15.8. The highest BCUT2D eigenvalue weighted by atomic mass is 16.5. The molecule has 144 valence electrons. The zero-order valence-electron chi connectivity index (χ0n) is 16.0. The average Bonchev–Trinajstić information content (AvgIpc) is 3.06. The minimum Gasteiger partial charge on any atom is -0.365 e. The first-order chi connectivity index (χ1) is 13.6. The van der Waals surface area contributed by atoms with Crippen molar-refractivity contribution in [3.05, 3.63) is 71.3 Å². The number of carbonyl (C=O) groups is 2. The van der Waals surface area contributed by atoms with E-state index in [1.807, 2.05) is 41.3 Å². The van der Waals surface area contributed by atoms with Gasteiger partial charge in [-0.25, -0.2) is 0 Å². The van der Waals surface area contributed by atoms with Crippen molar-refractivity contribution in [2.24, 2.45) is 0 Å². The van der Waals surface area contributed by atoms with Gasteiger partial charge in [0.1, 0.15) is 0 Å². The Labute approximate surface area is 165 Å². The van der Waals surface area contributed by atoms with E-state index in [1.54, 1.807) is 6.08 Å². The number of carbonyl (C=O) groups excluding carboxylic acids is 2. The largest absolute Gasteiger partial charge is 0.365 e. The summed E-state index contributed by atoms with van der Waals surface area (Å²) in [4.78, 5) is 25.5. The second-order valence-electron chi connectivity index (χ2n) is 7.40. The summed E-state index contributed by atoms with van der Waals surface area (Å²) in [5.74, 6) is -0.0812. The molecule has 0 unspecified atom stereocenters. The number of piperidine rings is 1. The monoisotopic (exact) mass is 376 g/mol. The first kappa shape index (κ1) is 18.4. The number of nitrogens with one attached hydrogen (secondary N) is 1. The molecule has 0 saturated carbocycles. The van der Waals surface area contributed by atoms with E-state index in [1.165, 1.54) is 18.1 Å². The Morgan fingerprint density at radius 3 is 2.50 bits per heavy atom. The van der Waals surface area contributed by atoms with Crippen molar-refractivity contribution in [3.63, 3.8) is 0 Å². The molecule has 2 aromatic carbocycles. The van der Waals surface area contributed by atoms with Gasteiger partial charge in [-0.2, -0.15) is 0 Å². The van der Waals surface area contributed by atoms with Gasteiger partial charge in [0.05, 0.1) is 12.2 Å². The third kappa shape index (κ3) is 3.71. The van der Waals surface area contributed by atoms with Crippen molar-refractivity contribution in [2.75, 3.05) is 18.4 Å². The molecule has 4 rings (SSSR count). The lowest BCUT2D eigenvalue weighted by Gasteiger charge is -2.39. The fourth-order valence-electron chi connectivity index (χ4n) is 4.04. The molecule has 1 spiro atoms. The van der Waals surface area contributed by atoms with Gasteiger partial charge in [-0.3, -0.25) is 9.59 Å². The third-order valence-corrected chi connectivity index (χ3v) is 5.54. The molecule has 2 aliphatic heterocycles. The average molecular weight is 376 g/mol. The van der Waals surface area contributed by atoms with Gasteiger partial charge in [0, 0.05) is 31.8 Å². The molecule has 28 heavy (non-hydrogen) atoms. The highest BCUT2D eigenvalue weighted by Gasteiger charge is 2.42. The van der Waals surface area contributed by atoms with E-state index in [0.717, 1.165) is 24.1 Å². The zero-order chi connectivity index (χ0) is 19.6. The molecule has 0 atom stereocenters. The number of benzene rings is 2. The molecule has 2 aromatic rings. The summed E-state index contributed by atoms with van der Waals surface area (Å²) < 4.78 is 6.16. The van der Waals surface area contributed by atoms with Crippen LogP contribution in [0.2, 0.25) is 0 Å². The lowest BCUT2D eigenvalue weighted by molar-refractivity contribution is -0.133. The minimum atomic E-state index is -0.226. The molecule has 1 N–H and O–H groups in total. The van der Waals surface area contributed by atoms with E-state index in [2.05, 4.69) is 23.5 Å². The Morgan fingerprint density at radius 1 is 1.07 bits per heavy atom. The highest BCUT2D eigenvalue weighted by molar-refractivity contribution is 5.92. The minimum absolute atomic E-state index is 0.0204. The molecule has 1 saturated heterocycles. The maximum absolute atomic E-state index is 12.6. The number of amides is 2. The topological polar surface area (TPSA) is 58.6 Å². The van der Waals surface area contributed by atoms with E-state index < -0.39 is 0 Å².